The van der Waals surface area contributed by atoms with Crippen molar-refractivity contribution in [2.75, 3.05) is 11.9 Å². The lowest BCUT2D eigenvalue weighted by Crippen LogP contribution is -2.45. The van der Waals surface area contributed by atoms with Gasteiger partial charge in [-0.05, 0) is 24.5 Å². The minimum absolute atomic E-state index is 0.0377. The highest BCUT2D eigenvalue weighted by molar-refractivity contribution is 5.97. The van der Waals surface area contributed by atoms with Crippen molar-refractivity contribution in [1.29, 1.82) is 0 Å². The highest BCUT2D eigenvalue weighted by Crippen LogP contribution is 2.19. The van der Waals surface area contributed by atoms with E-state index in [-0.39, 0.29) is 11.8 Å². The molecule has 2 N–H and O–H groups in total. The van der Waals surface area contributed by atoms with Crippen molar-refractivity contribution in [3.63, 3.8) is 0 Å². The molecule has 1 amide bonds. The summed E-state index contributed by atoms with van der Waals surface area (Å²) in [6.45, 7) is 5.89. The maximum absolute atomic E-state index is 12.0. The van der Waals surface area contributed by atoms with E-state index in [0.717, 1.165) is 11.3 Å². The van der Waals surface area contributed by atoms with Crippen LogP contribution in [0.2, 0.25) is 0 Å². The van der Waals surface area contributed by atoms with Gasteiger partial charge in [-0.25, -0.2) is 0 Å². The molecule has 1 atom stereocenters. The highest BCUT2D eigenvalue weighted by atomic mass is 16.2. The third-order valence-electron chi connectivity index (χ3n) is 2.81. The van der Waals surface area contributed by atoms with Crippen molar-refractivity contribution in [3.8, 4) is 0 Å². The van der Waals surface area contributed by atoms with E-state index in [2.05, 4.69) is 0 Å². The molecule has 0 heterocycles. The molecule has 3 nitrogen and oxygen atoms in total. The molecule has 0 aliphatic rings. The Morgan fingerprint density at radius 2 is 1.88 bits per heavy atom. The topological polar surface area (TPSA) is 46.3 Å². The van der Waals surface area contributed by atoms with Crippen LogP contribution in [0.5, 0.6) is 0 Å². The molecule has 0 aliphatic carbocycles. The van der Waals surface area contributed by atoms with Crippen LogP contribution in [0.3, 0.4) is 0 Å². The van der Waals surface area contributed by atoms with Gasteiger partial charge in [0.05, 0.1) is 6.04 Å². The summed E-state index contributed by atoms with van der Waals surface area (Å²) in [7, 11) is 1.77. The van der Waals surface area contributed by atoms with Crippen molar-refractivity contribution < 1.29 is 4.79 Å². The normalized spacial score (nSPS) is 12.6. The summed E-state index contributed by atoms with van der Waals surface area (Å²) in [4.78, 5) is 13.7. The van der Waals surface area contributed by atoms with Gasteiger partial charge < -0.3 is 10.6 Å². The van der Waals surface area contributed by atoms with Crippen molar-refractivity contribution in [2.24, 2.45) is 11.7 Å². The average molecular weight is 220 g/mol. The maximum atomic E-state index is 12.0. The zero-order chi connectivity index (χ0) is 12.3. The summed E-state index contributed by atoms with van der Waals surface area (Å²) < 4.78 is 0. The molecule has 0 spiro atoms. The van der Waals surface area contributed by atoms with Crippen LogP contribution < -0.4 is 10.6 Å². The summed E-state index contributed by atoms with van der Waals surface area (Å²) in [5.41, 5.74) is 7.86. The number of nitrogens with two attached hydrogens (primary N) is 1. The molecule has 88 valence electrons. The fraction of sp³-hybridized carbons (Fsp3) is 0.462. The van der Waals surface area contributed by atoms with Crippen LogP contribution in [0.1, 0.15) is 19.4 Å². The predicted octanol–water partition coefficient (Wildman–Crippen LogP) is 1.94. The Morgan fingerprint density at radius 1 is 1.31 bits per heavy atom. The van der Waals surface area contributed by atoms with Crippen LogP contribution in [-0.4, -0.2) is 19.0 Å². The number of amides is 1. The molecule has 0 aromatic heterocycles. The van der Waals surface area contributed by atoms with Crippen LogP contribution in [0.25, 0.3) is 0 Å². The second kappa shape index (κ2) is 5.12. The molecule has 3 heteroatoms. The van der Waals surface area contributed by atoms with E-state index in [9.17, 15) is 4.79 Å². The minimum atomic E-state index is -0.440. The monoisotopic (exact) mass is 220 g/mol. The number of benzene rings is 1. The molecule has 1 unspecified atom stereocenters. The Labute approximate surface area is 97.2 Å². The third-order valence-corrected chi connectivity index (χ3v) is 2.81. The van der Waals surface area contributed by atoms with E-state index in [1.807, 2.05) is 45.0 Å². The zero-order valence-electron chi connectivity index (χ0n) is 10.4. The Kier molecular flexibility index (Phi) is 4.07. The van der Waals surface area contributed by atoms with Gasteiger partial charge in [-0.2, -0.15) is 0 Å². The summed E-state index contributed by atoms with van der Waals surface area (Å²) in [6.07, 6.45) is 0. The summed E-state index contributed by atoms with van der Waals surface area (Å²) in [5.74, 6) is 0.114. The summed E-state index contributed by atoms with van der Waals surface area (Å²) in [5, 5.41) is 0. The van der Waals surface area contributed by atoms with Gasteiger partial charge in [0.1, 0.15) is 0 Å². The van der Waals surface area contributed by atoms with Crippen molar-refractivity contribution in [3.05, 3.63) is 29.8 Å². The fourth-order valence-corrected chi connectivity index (χ4v) is 1.57. The van der Waals surface area contributed by atoms with Crippen LogP contribution in [0.4, 0.5) is 5.69 Å². The number of para-hydroxylation sites is 1. The molecule has 1 aromatic carbocycles. The van der Waals surface area contributed by atoms with Gasteiger partial charge in [-0.3, -0.25) is 4.79 Å². The largest absolute Gasteiger partial charge is 0.320 e. The van der Waals surface area contributed by atoms with Gasteiger partial charge in [0.15, 0.2) is 0 Å². The first-order valence-electron chi connectivity index (χ1n) is 5.54. The number of likely N-dealkylation sites (N-methyl/N-ethyl adjacent to an activating group) is 1. The smallest absolute Gasteiger partial charge is 0.243 e. The van der Waals surface area contributed by atoms with Crippen molar-refractivity contribution in [1.82, 2.24) is 0 Å². The second-order valence-corrected chi connectivity index (χ2v) is 4.45. The summed E-state index contributed by atoms with van der Waals surface area (Å²) >= 11 is 0. The van der Waals surface area contributed by atoms with Gasteiger partial charge in [0.2, 0.25) is 5.91 Å². The summed E-state index contributed by atoms with van der Waals surface area (Å²) in [6, 6.07) is 7.36. The fourth-order valence-electron chi connectivity index (χ4n) is 1.57. The molecule has 0 bridgehead atoms. The van der Waals surface area contributed by atoms with Gasteiger partial charge >= 0.3 is 0 Å². The molecule has 0 saturated carbocycles. The van der Waals surface area contributed by atoms with Gasteiger partial charge in [-0.15, -0.1) is 0 Å². The van der Waals surface area contributed by atoms with Gasteiger partial charge in [0.25, 0.3) is 0 Å². The standard InChI is InChI=1S/C13H20N2O/c1-9(2)12(14)13(16)15(4)11-8-6-5-7-10(11)3/h5-9,12H,14H2,1-4H3. The average Bonchev–Trinajstić information content (AvgIpc) is 2.26. The van der Waals surface area contributed by atoms with Crippen molar-refractivity contribution in [2.45, 2.75) is 26.8 Å². The number of hydrogen-bond donors (Lipinski definition) is 1. The van der Waals surface area contributed by atoms with E-state index in [1.165, 1.54) is 0 Å². The number of rotatable bonds is 3. The predicted molar refractivity (Wildman–Crippen MR) is 67.4 cm³/mol. The van der Waals surface area contributed by atoms with Crippen molar-refractivity contribution >= 4 is 11.6 Å². The first-order chi connectivity index (χ1) is 7.45. The third kappa shape index (κ3) is 2.61. The van der Waals surface area contributed by atoms with Gasteiger partial charge in [0, 0.05) is 12.7 Å². The van der Waals surface area contributed by atoms with Crippen LogP contribution in [0.15, 0.2) is 24.3 Å². The Balaban J connectivity index is 2.91. The molecule has 0 fully saturated rings. The van der Waals surface area contributed by atoms with E-state index in [4.69, 9.17) is 5.73 Å². The first-order valence-corrected chi connectivity index (χ1v) is 5.54. The molecule has 0 saturated heterocycles. The molecule has 0 aliphatic heterocycles. The van der Waals surface area contributed by atoms with Crippen LogP contribution in [-0.2, 0) is 4.79 Å². The number of aryl methyl sites for hydroxylation is 1. The Bertz CT molecular complexity index is 374. The lowest BCUT2D eigenvalue weighted by atomic mass is 10.0. The molecular weight excluding hydrogens is 200 g/mol. The van der Waals surface area contributed by atoms with Gasteiger partial charge in [-0.1, -0.05) is 32.0 Å². The maximum Gasteiger partial charge on any atom is 0.243 e. The van der Waals surface area contributed by atoms with Crippen LogP contribution >= 0.6 is 0 Å². The lowest BCUT2D eigenvalue weighted by Gasteiger charge is -2.24. The minimum Gasteiger partial charge on any atom is -0.320 e. The first kappa shape index (κ1) is 12.7. The van der Waals surface area contributed by atoms with Crippen LogP contribution in [0, 0.1) is 12.8 Å². The number of carbonyl (C=O) groups is 1. The second-order valence-electron chi connectivity index (χ2n) is 4.45. The number of anilines is 1. The number of carbonyl (C=O) groups excluding carboxylic acids is 1. The number of nitrogens with zero attached hydrogens (tertiary/aromatic N) is 1. The number of hydrogen-bond acceptors (Lipinski definition) is 2. The molecular formula is C13H20N2O. The van der Waals surface area contributed by atoms with E-state index >= 15 is 0 Å². The zero-order valence-corrected chi connectivity index (χ0v) is 10.4. The molecule has 16 heavy (non-hydrogen) atoms. The quantitative estimate of drug-likeness (QED) is 0.846. The Morgan fingerprint density at radius 3 is 2.38 bits per heavy atom. The molecule has 1 rings (SSSR count). The van der Waals surface area contributed by atoms with E-state index < -0.39 is 6.04 Å². The SMILES string of the molecule is Cc1ccccc1N(C)C(=O)C(N)C(C)C. The van der Waals surface area contributed by atoms with E-state index in [0.29, 0.717) is 0 Å². The molecule has 0 radical (unpaired) electrons. The lowest BCUT2D eigenvalue weighted by molar-refractivity contribution is -0.120. The van der Waals surface area contributed by atoms with E-state index in [1.54, 1.807) is 11.9 Å². The molecule has 1 aromatic rings. The highest BCUT2D eigenvalue weighted by Gasteiger charge is 2.22. The Hall–Kier alpha value is -1.35.